The molecule has 2 aromatic rings. The van der Waals surface area contributed by atoms with Gasteiger partial charge in [0.1, 0.15) is 4.90 Å². The number of carbonyl (C=O) groups is 1. The molecule has 1 heterocycles. The number of rotatable bonds is 5. The molecule has 8 heteroatoms. The van der Waals surface area contributed by atoms with Crippen molar-refractivity contribution < 1.29 is 18.1 Å². The highest BCUT2D eigenvalue weighted by atomic mass is 32.2. The lowest BCUT2D eigenvalue weighted by Crippen LogP contribution is -2.27. The first kappa shape index (κ1) is 19.0. The lowest BCUT2D eigenvalue weighted by atomic mass is 10.2. The molecule has 0 bridgehead atoms. The Morgan fingerprint density at radius 1 is 1.11 bits per heavy atom. The van der Waals surface area contributed by atoms with E-state index < -0.39 is 20.4 Å². The van der Waals surface area contributed by atoms with Crippen molar-refractivity contribution in [2.75, 3.05) is 13.1 Å². The summed E-state index contributed by atoms with van der Waals surface area (Å²) in [5, 5.41) is 11.5. The Morgan fingerprint density at radius 2 is 1.74 bits per heavy atom. The van der Waals surface area contributed by atoms with E-state index in [-0.39, 0.29) is 22.1 Å². The Balaban J connectivity index is 1.95. The van der Waals surface area contributed by atoms with E-state index in [0.717, 1.165) is 24.5 Å². The lowest BCUT2D eigenvalue weighted by molar-refractivity contribution is -0.387. The van der Waals surface area contributed by atoms with Gasteiger partial charge in [-0.05, 0) is 37.5 Å². The first-order chi connectivity index (χ1) is 12.8. The van der Waals surface area contributed by atoms with Crippen LogP contribution in [0.1, 0.15) is 34.3 Å². The highest BCUT2D eigenvalue weighted by molar-refractivity contribution is 7.90. The third-order valence-corrected chi connectivity index (χ3v) is 6.34. The molecule has 1 aliphatic heterocycles. The molecule has 0 aliphatic carbocycles. The van der Waals surface area contributed by atoms with Crippen LogP contribution in [0.4, 0.5) is 5.69 Å². The van der Waals surface area contributed by atoms with Gasteiger partial charge in [-0.3, -0.25) is 14.9 Å². The number of aryl methyl sites for hydroxylation is 1. The quantitative estimate of drug-likeness (QED) is 0.579. The molecule has 0 spiro atoms. The number of likely N-dealkylation sites (tertiary alicyclic amines) is 1. The molecule has 27 heavy (non-hydrogen) atoms. The molecule has 0 saturated carbocycles. The van der Waals surface area contributed by atoms with E-state index in [1.165, 1.54) is 12.1 Å². The SMILES string of the molecule is Cc1ccc(CS(=O)(=O)c2ccc(C(=O)N3CCCC3)cc2[N+](=O)[O-])cc1. The number of benzene rings is 2. The molecule has 0 unspecified atom stereocenters. The predicted octanol–water partition coefficient (Wildman–Crippen LogP) is 3.11. The van der Waals surface area contributed by atoms with E-state index in [1.807, 2.05) is 6.92 Å². The van der Waals surface area contributed by atoms with Crippen molar-refractivity contribution in [1.29, 1.82) is 0 Å². The number of amides is 1. The number of nitrogens with zero attached hydrogens (tertiary/aromatic N) is 2. The van der Waals surface area contributed by atoms with Crippen molar-refractivity contribution in [3.05, 3.63) is 69.3 Å². The van der Waals surface area contributed by atoms with Crippen LogP contribution in [0, 0.1) is 17.0 Å². The van der Waals surface area contributed by atoms with Crippen LogP contribution in [-0.4, -0.2) is 37.2 Å². The minimum atomic E-state index is -3.93. The molecule has 7 nitrogen and oxygen atoms in total. The fourth-order valence-corrected chi connectivity index (χ4v) is 4.65. The maximum atomic E-state index is 12.7. The Bertz CT molecular complexity index is 978. The fourth-order valence-electron chi connectivity index (χ4n) is 3.14. The van der Waals surface area contributed by atoms with Crippen molar-refractivity contribution in [2.24, 2.45) is 0 Å². The molecule has 2 aromatic carbocycles. The van der Waals surface area contributed by atoms with Crippen molar-refractivity contribution >= 4 is 21.4 Å². The average Bonchev–Trinajstić information content (AvgIpc) is 3.17. The van der Waals surface area contributed by atoms with E-state index in [4.69, 9.17) is 0 Å². The maximum absolute atomic E-state index is 12.7. The normalized spacial score (nSPS) is 14.3. The molecule has 3 rings (SSSR count). The van der Waals surface area contributed by atoms with Gasteiger partial charge in [-0.2, -0.15) is 0 Å². The second-order valence-corrected chi connectivity index (χ2v) is 8.64. The number of carbonyl (C=O) groups excluding carboxylic acids is 1. The molecule has 1 amide bonds. The summed E-state index contributed by atoms with van der Waals surface area (Å²) in [5.74, 6) is -0.647. The maximum Gasteiger partial charge on any atom is 0.288 e. The molecule has 0 aromatic heterocycles. The molecule has 1 fully saturated rings. The van der Waals surface area contributed by atoms with Gasteiger partial charge in [0.25, 0.3) is 11.6 Å². The Kier molecular flexibility index (Phi) is 5.27. The minimum Gasteiger partial charge on any atom is -0.339 e. The molecule has 1 saturated heterocycles. The standard InChI is InChI=1S/C19H20N2O5S/c1-14-4-6-15(7-5-14)13-27(25,26)18-9-8-16(12-17(18)21(23)24)19(22)20-10-2-3-11-20/h4-9,12H,2-3,10-11,13H2,1H3. The monoisotopic (exact) mass is 388 g/mol. The topological polar surface area (TPSA) is 97.6 Å². The van der Waals surface area contributed by atoms with Crippen LogP contribution >= 0.6 is 0 Å². The molecular weight excluding hydrogens is 368 g/mol. The number of sulfone groups is 1. The average molecular weight is 388 g/mol. The van der Waals surface area contributed by atoms with E-state index in [0.29, 0.717) is 18.7 Å². The van der Waals surface area contributed by atoms with Gasteiger partial charge in [-0.1, -0.05) is 29.8 Å². The lowest BCUT2D eigenvalue weighted by Gasteiger charge is -2.15. The van der Waals surface area contributed by atoms with Crippen LogP contribution < -0.4 is 0 Å². The molecule has 0 N–H and O–H groups in total. The minimum absolute atomic E-state index is 0.137. The van der Waals surface area contributed by atoms with Crippen molar-refractivity contribution in [1.82, 2.24) is 4.90 Å². The van der Waals surface area contributed by atoms with Crippen LogP contribution in [-0.2, 0) is 15.6 Å². The van der Waals surface area contributed by atoms with Gasteiger partial charge in [0.2, 0.25) is 0 Å². The second-order valence-electron chi connectivity index (χ2n) is 6.68. The summed E-state index contributed by atoms with van der Waals surface area (Å²) in [5.41, 5.74) is 1.11. The Hall–Kier alpha value is -2.74. The highest BCUT2D eigenvalue weighted by Crippen LogP contribution is 2.29. The summed E-state index contributed by atoms with van der Waals surface area (Å²) >= 11 is 0. The summed E-state index contributed by atoms with van der Waals surface area (Å²) in [4.78, 5) is 24.4. The van der Waals surface area contributed by atoms with Gasteiger partial charge < -0.3 is 4.90 Å². The van der Waals surface area contributed by atoms with Crippen molar-refractivity contribution in [3.8, 4) is 0 Å². The van der Waals surface area contributed by atoms with Gasteiger partial charge in [-0.25, -0.2) is 8.42 Å². The number of hydrogen-bond donors (Lipinski definition) is 0. The Labute approximate surface area is 157 Å². The summed E-state index contributed by atoms with van der Waals surface area (Å²) in [6.45, 7) is 3.11. The third-order valence-electron chi connectivity index (χ3n) is 4.61. The highest BCUT2D eigenvalue weighted by Gasteiger charge is 2.29. The summed E-state index contributed by atoms with van der Waals surface area (Å²) < 4.78 is 25.5. The van der Waals surface area contributed by atoms with Gasteiger partial charge in [0.05, 0.1) is 10.7 Å². The van der Waals surface area contributed by atoms with Crippen molar-refractivity contribution in [3.63, 3.8) is 0 Å². The number of nitro groups is 1. The van der Waals surface area contributed by atoms with Gasteiger partial charge in [-0.15, -0.1) is 0 Å². The number of nitro benzene ring substituents is 1. The smallest absolute Gasteiger partial charge is 0.288 e. The molecule has 1 aliphatic rings. The molecular formula is C19H20N2O5S. The van der Waals surface area contributed by atoms with Gasteiger partial charge in [0.15, 0.2) is 9.84 Å². The van der Waals surface area contributed by atoms with E-state index in [2.05, 4.69) is 0 Å². The zero-order valence-corrected chi connectivity index (χ0v) is 15.7. The van der Waals surface area contributed by atoms with E-state index >= 15 is 0 Å². The summed E-state index contributed by atoms with van der Waals surface area (Å²) in [6.07, 6.45) is 1.80. The van der Waals surface area contributed by atoms with E-state index in [9.17, 15) is 23.3 Å². The van der Waals surface area contributed by atoms with Gasteiger partial charge in [0, 0.05) is 24.7 Å². The Morgan fingerprint density at radius 3 is 2.33 bits per heavy atom. The van der Waals surface area contributed by atoms with Crippen molar-refractivity contribution in [2.45, 2.75) is 30.4 Å². The number of hydrogen-bond acceptors (Lipinski definition) is 5. The second kappa shape index (κ2) is 7.48. The zero-order valence-electron chi connectivity index (χ0n) is 14.9. The zero-order chi connectivity index (χ0) is 19.6. The fraction of sp³-hybridized carbons (Fsp3) is 0.316. The first-order valence-electron chi connectivity index (χ1n) is 8.64. The summed E-state index contributed by atoms with van der Waals surface area (Å²) in [7, 11) is -3.93. The molecule has 142 valence electrons. The van der Waals surface area contributed by atoms with Crippen LogP contribution in [0.5, 0.6) is 0 Å². The largest absolute Gasteiger partial charge is 0.339 e. The van der Waals surface area contributed by atoms with Crippen LogP contribution in [0.2, 0.25) is 0 Å². The predicted molar refractivity (Wildman–Crippen MR) is 100 cm³/mol. The molecule has 0 atom stereocenters. The third kappa shape index (κ3) is 4.16. The van der Waals surface area contributed by atoms with Crippen LogP contribution in [0.25, 0.3) is 0 Å². The van der Waals surface area contributed by atoms with E-state index in [1.54, 1.807) is 29.2 Å². The van der Waals surface area contributed by atoms with Crippen LogP contribution in [0.3, 0.4) is 0 Å². The molecule has 0 radical (unpaired) electrons. The summed E-state index contributed by atoms with van der Waals surface area (Å²) in [6, 6.07) is 10.5. The first-order valence-corrected chi connectivity index (χ1v) is 10.3. The van der Waals surface area contributed by atoms with Gasteiger partial charge >= 0.3 is 0 Å². The van der Waals surface area contributed by atoms with Crippen LogP contribution in [0.15, 0.2) is 47.4 Å².